The second-order valence-corrected chi connectivity index (χ2v) is 5.09. The third-order valence-corrected chi connectivity index (χ3v) is 3.42. The molecule has 0 saturated carbocycles. The Balaban J connectivity index is 2.48. The fraction of sp³-hybridized carbons (Fsp3) is 0.235. The number of carbonyl (C=O) groups is 1. The molecule has 0 aliphatic rings. The van der Waals surface area contributed by atoms with E-state index in [1.54, 1.807) is 6.07 Å². The van der Waals surface area contributed by atoms with Crippen LogP contribution >= 0.6 is 0 Å². The van der Waals surface area contributed by atoms with Crippen molar-refractivity contribution in [3.63, 3.8) is 0 Å². The van der Waals surface area contributed by atoms with Crippen LogP contribution in [0.5, 0.6) is 5.75 Å². The van der Waals surface area contributed by atoms with Crippen LogP contribution in [0.2, 0.25) is 0 Å². The zero-order valence-corrected chi connectivity index (χ0v) is 13.0. The first-order chi connectivity index (χ1) is 11.5. The van der Waals surface area contributed by atoms with Crippen molar-refractivity contribution in [2.45, 2.75) is 13.0 Å². The number of phenols is 1. The second kappa shape index (κ2) is 7.53. The molecule has 0 unspecified atom stereocenters. The maximum Gasteiger partial charge on any atom is 0.268 e. The monoisotopic (exact) mass is 330 g/mol. The highest BCUT2D eigenvalue weighted by Crippen LogP contribution is 2.21. The van der Waals surface area contributed by atoms with Crippen molar-refractivity contribution in [3.05, 3.63) is 63.3 Å². The number of nitrogens with zero attached hydrogens (tertiary/aromatic N) is 2. The molecule has 1 aromatic carbocycles. The van der Waals surface area contributed by atoms with E-state index >= 15 is 0 Å². The molecule has 2 aromatic rings. The van der Waals surface area contributed by atoms with Crippen molar-refractivity contribution in [1.82, 2.24) is 4.57 Å². The number of benzene rings is 1. The number of ketones is 1. The highest BCUT2D eigenvalue weighted by atomic mass is 19.1. The molecule has 124 valence electrons. The van der Waals surface area contributed by atoms with E-state index < -0.39 is 17.2 Å². The summed E-state index contributed by atoms with van der Waals surface area (Å²) in [7, 11) is 1.52. The Kier molecular flexibility index (Phi) is 5.45. The van der Waals surface area contributed by atoms with Gasteiger partial charge in [-0.25, -0.2) is 4.39 Å². The highest BCUT2D eigenvalue weighted by Gasteiger charge is 2.17. The van der Waals surface area contributed by atoms with Crippen LogP contribution in [0.1, 0.15) is 27.9 Å². The number of phenolic OH excluding ortho intramolecular Hbond substituents is 1. The lowest BCUT2D eigenvalue weighted by Gasteiger charge is -2.10. The Morgan fingerprint density at radius 1 is 1.42 bits per heavy atom. The lowest BCUT2D eigenvalue weighted by atomic mass is 10.0. The zero-order chi connectivity index (χ0) is 17.7. The molecule has 24 heavy (non-hydrogen) atoms. The molecule has 0 atom stereocenters. The fourth-order valence-electron chi connectivity index (χ4n) is 2.23. The predicted octanol–water partition coefficient (Wildman–Crippen LogP) is 1.83. The van der Waals surface area contributed by atoms with Crippen molar-refractivity contribution >= 4 is 5.78 Å². The highest BCUT2D eigenvalue weighted by molar-refractivity contribution is 6.10. The maximum absolute atomic E-state index is 13.3. The molecule has 7 heteroatoms. The minimum atomic E-state index is -0.677. The van der Waals surface area contributed by atoms with Gasteiger partial charge in [0, 0.05) is 32.0 Å². The Hall–Kier alpha value is -2.98. The molecule has 0 radical (unpaired) electrons. The van der Waals surface area contributed by atoms with Gasteiger partial charge in [-0.3, -0.25) is 9.59 Å². The summed E-state index contributed by atoms with van der Waals surface area (Å²) in [5, 5.41) is 18.8. The van der Waals surface area contributed by atoms with Crippen molar-refractivity contribution in [2.75, 3.05) is 13.7 Å². The Labute approximate surface area is 137 Å². The number of hydrogen-bond donors (Lipinski definition) is 1. The summed E-state index contributed by atoms with van der Waals surface area (Å²) in [6.07, 6.45) is 1.82. The zero-order valence-electron chi connectivity index (χ0n) is 13.0. The van der Waals surface area contributed by atoms with E-state index in [2.05, 4.69) is 0 Å². The molecule has 0 aliphatic carbocycles. The Morgan fingerprint density at radius 2 is 2.17 bits per heavy atom. The van der Waals surface area contributed by atoms with Crippen LogP contribution in [0, 0.1) is 17.1 Å². The van der Waals surface area contributed by atoms with Gasteiger partial charge in [0.1, 0.15) is 23.2 Å². The van der Waals surface area contributed by atoms with Gasteiger partial charge < -0.3 is 14.4 Å². The molecule has 1 N–H and O–H groups in total. The molecule has 0 amide bonds. The van der Waals surface area contributed by atoms with E-state index in [9.17, 15) is 19.1 Å². The van der Waals surface area contributed by atoms with Crippen LogP contribution in [0.15, 0.2) is 35.3 Å². The van der Waals surface area contributed by atoms with Gasteiger partial charge >= 0.3 is 0 Å². The predicted molar refractivity (Wildman–Crippen MR) is 83.4 cm³/mol. The molecule has 0 aliphatic heterocycles. The first-order valence-corrected chi connectivity index (χ1v) is 7.14. The standard InChI is InChI=1S/C17H15FN2O4/c1-24-6-2-5-20-10-12(7-11(9-19)17(20)23)16(22)14-8-13(18)3-4-15(14)21/h3-4,7-8,10,21H,2,5-6H2,1H3. The van der Waals surface area contributed by atoms with Gasteiger partial charge in [-0.05, 0) is 30.7 Å². The summed E-state index contributed by atoms with van der Waals surface area (Å²) in [6, 6.07) is 5.89. The van der Waals surface area contributed by atoms with Crippen molar-refractivity contribution in [1.29, 1.82) is 5.26 Å². The molecular weight excluding hydrogens is 315 g/mol. The summed E-state index contributed by atoms with van der Waals surface area (Å²) in [4.78, 5) is 24.6. The molecule has 6 nitrogen and oxygen atoms in total. The normalized spacial score (nSPS) is 10.4. The van der Waals surface area contributed by atoms with Gasteiger partial charge in [-0.2, -0.15) is 5.26 Å². The van der Waals surface area contributed by atoms with E-state index in [-0.39, 0.29) is 29.0 Å². The maximum atomic E-state index is 13.3. The summed E-state index contributed by atoms with van der Waals surface area (Å²) in [5.74, 6) is -1.73. The van der Waals surface area contributed by atoms with E-state index in [4.69, 9.17) is 10.00 Å². The quantitative estimate of drug-likeness (QED) is 0.644. The van der Waals surface area contributed by atoms with Crippen molar-refractivity contribution in [2.24, 2.45) is 0 Å². The third-order valence-electron chi connectivity index (χ3n) is 3.42. The van der Waals surface area contributed by atoms with E-state index in [1.807, 2.05) is 0 Å². The van der Waals surface area contributed by atoms with E-state index in [0.717, 1.165) is 24.3 Å². The number of methoxy groups -OCH3 is 1. The molecule has 0 spiro atoms. The molecule has 0 saturated heterocycles. The smallest absolute Gasteiger partial charge is 0.268 e. The van der Waals surface area contributed by atoms with Crippen LogP contribution in [-0.4, -0.2) is 29.2 Å². The number of nitriles is 1. The van der Waals surface area contributed by atoms with Crippen molar-refractivity contribution in [3.8, 4) is 11.8 Å². The number of halogens is 1. The van der Waals surface area contributed by atoms with Crippen LogP contribution in [0.4, 0.5) is 4.39 Å². The second-order valence-electron chi connectivity index (χ2n) is 5.09. The fourth-order valence-corrected chi connectivity index (χ4v) is 2.23. The number of ether oxygens (including phenoxy) is 1. The van der Waals surface area contributed by atoms with E-state index in [1.165, 1.54) is 17.9 Å². The average Bonchev–Trinajstić information content (AvgIpc) is 2.58. The van der Waals surface area contributed by atoms with Gasteiger partial charge in [0.05, 0.1) is 5.56 Å². The lowest BCUT2D eigenvalue weighted by Crippen LogP contribution is -2.24. The van der Waals surface area contributed by atoms with Crippen LogP contribution in [0.25, 0.3) is 0 Å². The van der Waals surface area contributed by atoms with Gasteiger partial charge in [-0.1, -0.05) is 0 Å². The van der Waals surface area contributed by atoms with Gasteiger partial charge in [0.15, 0.2) is 5.78 Å². The molecule has 1 heterocycles. The molecule has 2 rings (SSSR count). The Morgan fingerprint density at radius 3 is 2.83 bits per heavy atom. The van der Waals surface area contributed by atoms with Crippen LogP contribution in [-0.2, 0) is 11.3 Å². The average molecular weight is 330 g/mol. The molecular formula is C17H15FN2O4. The topological polar surface area (TPSA) is 92.3 Å². The minimum absolute atomic E-state index is 0.0180. The molecule has 0 fully saturated rings. The van der Waals surface area contributed by atoms with E-state index in [0.29, 0.717) is 13.0 Å². The van der Waals surface area contributed by atoms with Gasteiger partial charge in [-0.15, -0.1) is 0 Å². The van der Waals surface area contributed by atoms with Crippen molar-refractivity contribution < 1.29 is 19.0 Å². The number of hydrogen-bond acceptors (Lipinski definition) is 5. The lowest BCUT2D eigenvalue weighted by molar-refractivity contribution is 0.103. The first-order valence-electron chi connectivity index (χ1n) is 7.14. The Bertz CT molecular complexity index is 868. The summed E-state index contributed by atoms with van der Waals surface area (Å²) >= 11 is 0. The summed E-state index contributed by atoms with van der Waals surface area (Å²) in [6.45, 7) is 0.675. The number of carbonyl (C=O) groups excluding carboxylic acids is 1. The summed E-state index contributed by atoms with van der Waals surface area (Å²) < 4.78 is 19.5. The molecule has 1 aromatic heterocycles. The third kappa shape index (κ3) is 3.67. The SMILES string of the molecule is COCCCn1cc(C(=O)c2cc(F)ccc2O)cc(C#N)c1=O. The van der Waals surface area contributed by atoms with Gasteiger partial charge in [0.2, 0.25) is 0 Å². The number of aryl methyl sites for hydroxylation is 1. The van der Waals surface area contributed by atoms with Crippen LogP contribution in [0.3, 0.4) is 0 Å². The minimum Gasteiger partial charge on any atom is -0.507 e. The number of aromatic nitrogens is 1. The largest absolute Gasteiger partial charge is 0.507 e. The number of aromatic hydroxyl groups is 1. The number of pyridine rings is 1. The van der Waals surface area contributed by atoms with Gasteiger partial charge in [0.25, 0.3) is 5.56 Å². The number of rotatable bonds is 6. The first kappa shape index (κ1) is 17.4. The van der Waals surface area contributed by atoms with Crippen LogP contribution < -0.4 is 5.56 Å². The summed E-state index contributed by atoms with van der Waals surface area (Å²) in [5.41, 5.74) is -0.937. The molecule has 0 bridgehead atoms.